The first kappa shape index (κ1) is 16.3. The minimum absolute atomic E-state index is 0.0309. The van der Waals surface area contributed by atoms with Gasteiger partial charge in [0.1, 0.15) is 6.04 Å². The first-order valence-electron chi connectivity index (χ1n) is 7.92. The number of thiophene rings is 1. The molecule has 3 aromatic heterocycles. The third kappa shape index (κ3) is 2.72. The first-order chi connectivity index (χ1) is 12.7. The predicted molar refractivity (Wildman–Crippen MR) is 94.5 cm³/mol. The van der Waals surface area contributed by atoms with Crippen molar-refractivity contribution in [2.24, 2.45) is 0 Å². The van der Waals surface area contributed by atoms with Crippen molar-refractivity contribution < 1.29 is 19.1 Å². The van der Waals surface area contributed by atoms with Gasteiger partial charge in [0.05, 0.1) is 24.1 Å². The maximum Gasteiger partial charge on any atom is 0.290 e. The van der Waals surface area contributed by atoms with Crippen LogP contribution in [-0.2, 0) is 11.3 Å². The normalized spacial score (nSPS) is 17.2. The van der Waals surface area contributed by atoms with Gasteiger partial charge in [-0.05, 0) is 35.7 Å². The summed E-state index contributed by atoms with van der Waals surface area (Å²) >= 11 is 1.41. The summed E-state index contributed by atoms with van der Waals surface area (Å²) in [6.45, 7) is 0.182. The summed E-state index contributed by atoms with van der Waals surface area (Å²) in [5, 5.41) is 12.3. The van der Waals surface area contributed by atoms with Crippen LogP contribution < -0.4 is 0 Å². The molecule has 0 aliphatic carbocycles. The number of Topliss-reactive ketones (excluding diaryl/α,β-unsaturated/α-hetero) is 1. The van der Waals surface area contributed by atoms with E-state index in [1.165, 1.54) is 28.6 Å². The Hall–Kier alpha value is -3.19. The zero-order valence-electron chi connectivity index (χ0n) is 13.5. The van der Waals surface area contributed by atoms with E-state index >= 15 is 0 Å². The van der Waals surface area contributed by atoms with Gasteiger partial charge in [-0.3, -0.25) is 14.6 Å². The number of aliphatic hydroxyl groups excluding tert-OH is 1. The van der Waals surface area contributed by atoms with E-state index in [1.807, 2.05) is 23.6 Å². The summed E-state index contributed by atoms with van der Waals surface area (Å²) in [4.78, 5) is 32.1. The number of rotatable bonds is 5. The maximum absolute atomic E-state index is 12.9. The van der Waals surface area contributed by atoms with Gasteiger partial charge >= 0.3 is 0 Å². The lowest BCUT2D eigenvalue weighted by atomic mass is 10.0. The Labute approximate surface area is 153 Å². The molecule has 0 spiro atoms. The number of aromatic nitrogens is 1. The third-order valence-corrected chi connectivity index (χ3v) is 5.09. The summed E-state index contributed by atoms with van der Waals surface area (Å²) in [5.74, 6) is -1.55. The number of hydrogen-bond acceptors (Lipinski definition) is 6. The van der Waals surface area contributed by atoms with Crippen molar-refractivity contribution >= 4 is 23.0 Å². The van der Waals surface area contributed by atoms with E-state index < -0.39 is 23.5 Å². The Morgan fingerprint density at radius 3 is 2.77 bits per heavy atom. The van der Waals surface area contributed by atoms with Crippen molar-refractivity contribution in [3.8, 4) is 0 Å². The monoisotopic (exact) mass is 366 g/mol. The smallest absolute Gasteiger partial charge is 0.290 e. The van der Waals surface area contributed by atoms with E-state index in [1.54, 1.807) is 24.4 Å². The standard InChI is InChI=1S/C19H14N2O4S/c22-17(13-6-3-9-25-13)15-16(14-7-4-10-26-14)21(19(24)18(15)23)11-12-5-1-2-8-20-12/h1-10,16,23H,11H2. The summed E-state index contributed by atoms with van der Waals surface area (Å²) < 4.78 is 5.18. The van der Waals surface area contributed by atoms with E-state index in [9.17, 15) is 14.7 Å². The lowest BCUT2D eigenvalue weighted by Crippen LogP contribution is -2.30. The van der Waals surface area contributed by atoms with Gasteiger partial charge in [-0.2, -0.15) is 0 Å². The minimum atomic E-state index is -0.679. The van der Waals surface area contributed by atoms with Crippen molar-refractivity contribution in [3.05, 3.63) is 88.0 Å². The van der Waals surface area contributed by atoms with Gasteiger partial charge in [0, 0.05) is 11.1 Å². The van der Waals surface area contributed by atoms with Crippen LogP contribution in [0.15, 0.2) is 76.1 Å². The van der Waals surface area contributed by atoms with Crippen LogP contribution in [0.2, 0.25) is 0 Å². The minimum Gasteiger partial charge on any atom is -0.503 e. The van der Waals surface area contributed by atoms with Gasteiger partial charge < -0.3 is 14.4 Å². The molecule has 6 nitrogen and oxygen atoms in total. The molecule has 1 amide bonds. The number of carbonyl (C=O) groups is 2. The van der Waals surface area contributed by atoms with Crippen molar-refractivity contribution in [3.63, 3.8) is 0 Å². The van der Waals surface area contributed by atoms with E-state index in [0.717, 1.165) is 4.88 Å². The van der Waals surface area contributed by atoms with E-state index in [4.69, 9.17) is 4.42 Å². The summed E-state index contributed by atoms with van der Waals surface area (Å²) in [7, 11) is 0. The van der Waals surface area contributed by atoms with E-state index in [2.05, 4.69) is 4.98 Å². The molecule has 1 aliphatic rings. The van der Waals surface area contributed by atoms with Crippen LogP contribution in [0.1, 0.15) is 27.2 Å². The van der Waals surface area contributed by atoms with Gasteiger partial charge in [-0.15, -0.1) is 11.3 Å². The molecule has 1 N–H and O–H groups in total. The lowest BCUT2D eigenvalue weighted by molar-refractivity contribution is -0.130. The quantitative estimate of drug-likeness (QED) is 0.699. The van der Waals surface area contributed by atoms with Crippen molar-refractivity contribution in [1.82, 2.24) is 9.88 Å². The summed E-state index contributed by atoms with van der Waals surface area (Å²) in [5.41, 5.74) is 0.699. The van der Waals surface area contributed by atoms with Crippen molar-refractivity contribution in [1.29, 1.82) is 0 Å². The van der Waals surface area contributed by atoms with Gasteiger partial charge in [0.25, 0.3) is 5.91 Å². The molecular weight excluding hydrogens is 352 g/mol. The molecule has 4 rings (SSSR count). The molecule has 1 unspecified atom stereocenters. The molecule has 1 atom stereocenters. The first-order valence-corrected chi connectivity index (χ1v) is 8.80. The SMILES string of the molecule is O=C(C1=C(O)C(=O)N(Cc2ccccn2)C1c1cccs1)c1ccco1. The molecule has 0 aromatic carbocycles. The molecule has 0 saturated heterocycles. The number of furan rings is 1. The molecule has 0 radical (unpaired) electrons. The predicted octanol–water partition coefficient (Wildman–Crippen LogP) is 3.51. The zero-order chi connectivity index (χ0) is 18.1. The number of aliphatic hydroxyl groups is 1. The Bertz CT molecular complexity index is 962. The summed E-state index contributed by atoms with van der Waals surface area (Å²) in [6.07, 6.45) is 3.02. The number of ketones is 1. The highest BCUT2D eigenvalue weighted by Gasteiger charge is 2.44. The van der Waals surface area contributed by atoms with Gasteiger partial charge in [-0.1, -0.05) is 12.1 Å². The van der Waals surface area contributed by atoms with Crippen molar-refractivity contribution in [2.45, 2.75) is 12.6 Å². The second kappa shape index (κ2) is 6.61. The Morgan fingerprint density at radius 2 is 2.12 bits per heavy atom. The van der Waals surface area contributed by atoms with Crippen LogP contribution >= 0.6 is 11.3 Å². The third-order valence-electron chi connectivity index (χ3n) is 4.16. The van der Waals surface area contributed by atoms with Gasteiger partial charge in [0.15, 0.2) is 11.5 Å². The van der Waals surface area contributed by atoms with E-state index in [0.29, 0.717) is 5.69 Å². The molecule has 0 bridgehead atoms. The van der Waals surface area contributed by atoms with Crippen molar-refractivity contribution in [2.75, 3.05) is 0 Å². The largest absolute Gasteiger partial charge is 0.503 e. The maximum atomic E-state index is 12.9. The molecule has 0 saturated carbocycles. The van der Waals surface area contributed by atoms with Gasteiger partial charge in [-0.25, -0.2) is 0 Å². The average molecular weight is 366 g/mol. The molecule has 130 valence electrons. The van der Waals surface area contributed by atoms with Gasteiger partial charge in [0.2, 0.25) is 5.78 Å². The zero-order valence-corrected chi connectivity index (χ0v) is 14.3. The number of amides is 1. The summed E-state index contributed by atoms with van der Waals surface area (Å²) in [6, 6.07) is 11.5. The highest BCUT2D eigenvalue weighted by atomic mass is 32.1. The second-order valence-electron chi connectivity index (χ2n) is 5.74. The topological polar surface area (TPSA) is 83.6 Å². The highest BCUT2D eigenvalue weighted by Crippen LogP contribution is 2.41. The van der Waals surface area contributed by atoms with Crippen LogP contribution in [0.5, 0.6) is 0 Å². The lowest BCUT2D eigenvalue weighted by Gasteiger charge is -2.25. The van der Waals surface area contributed by atoms with Crippen LogP contribution in [0.4, 0.5) is 0 Å². The second-order valence-corrected chi connectivity index (χ2v) is 6.72. The fraction of sp³-hybridized carbons (Fsp3) is 0.105. The number of hydrogen-bond donors (Lipinski definition) is 1. The number of carbonyl (C=O) groups excluding carboxylic acids is 2. The Balaban J connectivity index is 1.77. The van der Waals surface area contributed by atoms with Crippen LogP contribution in [-0.4, -0.2) is 26.7 Å². The Kier molecular flexibility index (Phi) is 4.14. The number of nitrogens with zero attached hydrogens (tertiary/aromatic N) is 2. The number of pyridine rings is 1. The average Bonchev–Trinajstić information content (AvgIpc) is 3.40. The fourth-order valence-electron chi connectivity index (χ4n) is 3.00. The van der Waals surface area contributed by atoms with Crippen LogP contribution in [0.3, 0.4) is 0 Å². The molecule has 7 heteroatoms. The fourth-order valence-corrected chi connectivity index (χ4v) is 3.84. The molecule has 26 heavy (non-hydrogen) atoms. The molecule has 0 fully saturated rings. The molecule has 1 aliphatic heterocycles. The molecule has 3 aromatic rings. The highest BCUT2D eigenvalue weighted by molar-refractivity contribution is 7.10. The van der Waals surface area contributed by atoms with Crippen LogP contribution in [0, 0.1) is 0 Å². The molecule has 4 heterocycles. The Morgan fingerprint density at radius 1 is 1.23 bits per heavy atom. The van der Waals surface area contributed by atoms with Crippen LogP contribution in [0.25, 0.3) is 0 Å². The molecular formula is C19H14N2O4S. The van der Waals surface area contributed by atoms with E-state index in [-0.39, 0.29) is 17.9 Å².